The molecule has 1 aliphatic rings. The number of piperidine rings is 1. The summed E-state index contributed by atoms with van der Waals surface area (Å²) in [6.07, 6.45) is 2.00. The number of carbonyl (C=O) groups excluding carboxylic acids is 1. The second-order valence-corrected chi connectivity index (χ2v) is 6.56. The second-order valence-electron chi connectivity index (χ2n) is 6.22. The van der Waals surface area contributed by atoms with Gasteiger partial charge >= 0.3 is 6.09 Å². The highest BCUT2D eigenvalue weighted by Crippen LogP contribution is 2.22. The number of ether oxygens (including phenoxy) is 1. The minimum atomic E-state index is -0.522. The molecule has 0 bridgehead atoms. The van der Waals surface area contributed by atoms with Gasteiger partial charge in [0.05, 0.1) is 6.20 Å². The molecule has 8 heteroatoms. The molecule has 2 heterocycles. The van der Waals surface area contributed by atoms with Gasteiger partial charge in [0.1, 0.15) is 5.60 Å². The first-order chi connectivity index (χ1) is 10.2. The molecule has 122 valence electrons. The maximum Gasteiger partial charge on any atom is 0.407 e. The van der Waals surface area contributed by atoms with Gasteiger partial charge in [0, 0.05) is 19.1 Å². The van der Waals surface area contributed by atoms with Crippen molar-refractivity contribution in [2.24, 2.45) is 0 Å². The van der Waals surface area contributed by atoms with E-state index < -0.39 is 17.5 Å². The zero-order valence-electron chi connectivity index (χ0n) is 12.9. The molecule has 22 heavy (non-hydrogen) atoms. The Morgan fingerprint density at radius 3 is 2.68 bits per heavy atom. The molecule has 2 rings (SSSR count). The van der Waals surface area contributed by atoms with E-state index in [2.05, 4.69) is 15.3 Å². The van der Waals surface area contributed by atoms with Crippen molar-refractivity contribution in [3.05, 3.63) is 17.3 Å². The number of hydrogen-bond donors (Lipinski definition) is 1. The molecule has 1 N–H and O–H groups in total. The summed E-state index contributed by atoms with van der Waals surface area (Å²) < 4.78 is 19.0. The Morgan fingerprint density at radius 2 is 2.09 bits per heavy atom. The highest BCUT2D eigenvalue weighted by molar-refractivity contribution is 6.28. The Labute approximate surface area is 134 Å². The van der Waals surface area contributed by atoms with E-state index in [4.69, 9.17) is 16.3 Å². The summed E-state index contributed by atoms with van der Waals surface area (Å²) in [5, 5.41) is 2.85. The highest BCUT2D eigenvalue weighted by atomic mass is 35.5. The maximum absolute atomic E-state index is 13.7. The lowest BCUT2D eigenvalue weighted by Gasteiger charge is -2.33. The topological polar surface area (TPSA) is 67.3 Å². The third-order valence-corrected chi connectivity index (χ3v) is 3.39. The monoisotopic (exact) mass is 330 g/mol. The van der Waals surface area contributed by atoms with Crippen molar-refractivity contribution in [3.8, 4) is 0 Å². The number of amides is 1. The normalized spacial score (nSPS) is 16.5. The van der Waals surface area contributed by atoms with Crippen LogP contribution in [0.25, 0.3) is 0 Å². The smallest absolute Gasteiger partial charge is 0.407 e. The lowest BCUT2D eigenvalue weighted by atomic mass is 10.1. The van der Waals surface area contributed by atoms with Crippen LogP contribution < -0.4 is 10.2 Å². The predicted molar refractivity (Wildman–Crippen MR) is 81.6 cm³/mol. The predicted octanol–water partition coefficient (Wildman–Crippen LogP) is 2.76. The van der Waals surface area contributed by atoms with Gasteiger partial charge in [-0.3, -0.25) is 0 Å². The molecule has 1 aromatic rings. The van der Waals surface area contributed by atoms with Gasteiger partial charge in [-0.25, -0.2) is 14.2 Å². The van der Waals surface area contributed by atoms with Crippen LogP contribution >= 0.6 is 11.6 Å². The maximum atomic E-state index is 13.7. The van der Waals surface area contributed by atoms with E-state index in [-0.39, 0.29) is 17.1 Å². The molecular formula is C14H20ClFN4O2. The molecule has 1 fully saturated rings. The lowest BCUT2D eigenvalue weighted by Crippen LogP contribution is -2.46. The molecule has 1 aromatic heterocycles. The van der Waals surface area contributed by atoms with Crippen molar-refractivity contribution >= 4 is 23.5 Å². The van der Waals surface area contributed by atoms with Crippen molar-refractivity contribution in [3.63, 3.8) is 0 Å². The van der Waals surface area contributed by atoms with Gasteiger partial charge in [0.25, 0.3) is 0 Å². The molecular weight excluding hydrogens is 311 g/mol. The van der Waals surface area contributed by atoms with Crippen LogP contribution in [0.15, 0.2) is 6.20 Å². The van der Waals surface area contributed by atoms with E-state index in [0.717, 1.165) is 6.20 Å². The van der Waals surface area contributed by atoms with Crippen LogP contribution in [0.2, 0.25) is 5.28 Å². The Balaban J connectivity index is 1.88. The van der Waals surface area contributed by atoms with E-state index in [1.54, 1.807) is 4.90 Å². The minimum absolute atomic E-state index is 0.00599. The molecule has 0 saturated carbocycles. The standard InChI is InChI=1S/C14H20ClFN4O2/c1-14(2,3)22-13(21)18-9-4-6-20(7-5-9)11-10(16)8-17-12(15)19-11/h8-9H,4-7H2,1-3H3,(H,18,21). The first-order valence-electron chi connectivity index (χ1n) is 7.17. The van der Waals surface area contributed by atoms with Gasteiger partial charge in [-0.1, -0.05) is 0 Å². The van der Waals surface area contributed by atoms with Crippen LogP contribution in [-0.4, -0.2) is 40.8 Å². The molecule has 0 radical (unpaired) electrons. The number of carbonyl (C=O) groups is 1. The first kappa shape index (κ1) is 16.7. The van der Waals surface area contributed by atoms with E-state index in [1.165, 1.54) is 0 Å². The number of hydrogen-bond acceptors (Lipinski definition) is 5. The molecule has 6 nitrogen and oxygen atoms in total. The molecule has 1 saturated heterocycles. The SMILES string of the molecule is CC(C)(C)OC(=O)NC1CCN(c2nc(Cl)ncc2F)CC1. The van der Waals surface area contributed by atoms with Crippen molar-refractivity contribution in [2.45, 2.75) is 45.3 Å². The number of anilines is 1. The zero-order valence-corrected chi connectivity index (χ0v) is 13.7. The summed E-state index contributed by atoms with van der Waals surface area (Å²) in [6.45, 7) is 6.60. The summed E-state index contributed by atoms with van der Waals surface area (Å²) in [5.74, 6) is -0.293. The lowest BCUT2D eigenvalue weighted by molar-refractivity contribution is 0.0497. The Kier molecular flexibility index (Phi) is 5.05. The number of halogens is 2. The highest BCUT2D eigenvalue weighted by Gasteiger charge is 2.25. The Hall–Kier alpha value is -1.63. The average molecular weight is 331 g/mol. The quantitative estimate of drug-likeness (QED) is 0.844. The van der Waals surface area contributed by atoms with Crippen LogP contribution in [0.3, 0.4) is 0 Å². The Morgan fingerprint density at radius 1 is 1.45 bits per heavy atom. The molecule has 1 aliphatic heterocycles. The van der Waals surface area contributed by atoms with Crippen molar-refractivity contribution in [2.75, 3.05) is 18.0 Å². The third kappa shape index (κ3) is 4.69. The summed E-state index contributed by atoms with van der Waals surface area (Å²) in [6, 6.07) is 0.00599. The van der Waals surface area contributed by atoms with Gasteiger partial charge in [0.2, 0.25) is 5.28 Å². The molecule has 0 aliphatic carbocycles. The van der Waals surface area contributed by atoms with Crippen LogP contribution in [-0.2, 0) is 4.74 Å². The van der Waals surface area contributed by atoms with E-state index in [9.17, 15) is 9.18 Å². The number of aromatic nitrogens is 2. The molecule has 0 spiro atoms. The summed E-state index contributed by atoms with van der Waals surface area (Å²) in [4.78, 5) is 21.1. The van der Waals surface area contributed by atoms with Gasteiger partial charge in [-0.05, 0) is 45.2 Å². The molecule has 0 atom stereocenters. The van der Waals surface area contributed by atoms with Crippen LogP contribution in [0.4, 0.5) is 15.0 Å². The number of nitrogens with one attached hydrogen (secondary N) is 1. The largest absolute Gasteiger partial charge is 0.444 e. The van der Waals surface area contributed by atoms with E-state index in [0.29, 0.717) is 25.9 Å². The minimum Gasteiger partial charge on any atom is -0.444 e. The fraction of sp³-hybridized carbons (Fsp3) is 0.643. The fourth-order valence-corrected chi connectivity index (χ4v) is 2.40. The molecule has 0 unspecified atom stereocenters. The second kappa shape index (κ2) is 6.64. The van der Waals surface area contributed by atoms with Crippen LogP contribution in [0.1, 0.15) is 33.6 Å². The summed E-state index contributed by atoms with van der Waals surface area (Å²) >= 11 is 5.71. The summed E-state index contributed by atoms with van der Waals surface area (Å²) in [7, 11) is 0. The van der Waals surface area contributed by atoms with Crippen LogP contribution in [0.5, 0.6) is 0 Å². The average Bonchev–Trinajstić information content (AvgIpc) is 2.40. The number of nitrogens with zero attached hydrogens (tertiary/aromatic N) is 3. The van der Waals surface area contributed by atoms with Crippen LogP contribution in [0, 0.1) is 5.82 Å². The first-order valence-corrected chi connectivity index (χ1v) is 7.55. The fourth-order valence-electron chi connectivity index (χ4n) is 2.27. The van der Waals surface area contributed by atoms with Gasteiger partial charge < -0.3 is 15.0 Å². The Bertz CT molecular complexity index is 542. The van der Waals surface area contributed by atoms with E-state index in [1.807, 2.05) is 20.8 Å². The summed E-state index contributed by atoms with van der Waals surface area (Å²) in [5.41, 5.74) is -0.522. The number of alkyl carbamates (subject to hydrolysis) is 1. The molecule has 1 amide bonds. The third-order valence-electron chi connectivity index (χ3n) is 3.21. The van der Waals surface area contributed by atoms with E-state index >= 15 is 0 Å². The number of rotatable bonds is 2. The zero-order chi connectivity index (χ0) is 16.3. The van der Waals surface area contributed by atoms with Gasteiger partial charge in [0.15, 0.2) is 11.6 Å². The van der Waals surface area contributed by atoms with Gasteiger partial charge in [-0.2, -0.15) is 4.98 Å². The molecule has 0 aromatic carbocycles. The van der Waals surface area contributed by atoms with Gasteiger partial charge in [-0.15, -0.1) is 0 Å². The van der Waals surface area contributed by atoms with Crippen molar-refractivity contribution in [1.29, 1.82) is 0 Å². The van der Waals surface area contributed by atoms with Crippen molar-refractivity contribution < 1.29 is 13.9 Å². The van der Waals surface area contributed by atoms with Crippen molar-refractivity contribution in [1.82, 2.24) is 15.3 Å².